The van der Waals surface area contributed by atoms with E-state index in [9.17, 15) is 13.5 Å². The van der Waals surface area contributed by atoms with Gasteiger partial charge in [-0.05, 0) is 24.3 Å². The molecule has 6 nitrogen and oxygen atoms in total. The molecule has 2 rings (SSSR count). The summed E-state index contributed by atoms with van der Waals surface area (Å²) in [4.78, 5) is 2.19. The minimum atomic E-state index is -3.72. The van der Waals surface area contributed by atoms with Crippen molar-refractivity contribution in [1.82, 2.24) is 4.83 Å². The third kappa shape index (κ3) is 3.51. The van der Waals surface area contributed by atoms with Crippen molar-refractivity contribution < 1.29 is 18.3 Å². The minimum Gasteiger partial charge on any atom is -0.504 e. The van der Waals surface area contributed by atoms with Crippen LogP contribution in [0.4, 0.5) is 0 Å². The van der Waals surface area contributed by atoms with E-state index in [0.717, 1.165) is 0 Å². The number of phenols is 1. The molecule has 0 spiro atoms. The van der Waals surface area contributed by atoms with Gasteiger partial charge in [0.15, 0.2) is 11.5 Å². The number of nitrogens with zero attached hydrogens (tertiary/aromatic N) is 1. The molecule has 0 aliphatic carbocycles. The van der Waals surface area contributed by atoms with E-state index in [4.69, 9.17) is 4.74 Å². The van der Waals surface area contributed by atoms with Gasteiger partial charge >= 0.3 is 0 Å². The lowest BCUT2D eigenvalue weighted by molar-refractivity contribution is 0.373. The molecular weight excluding hydrogens is 292 g/mol. The van der Waals surface area contributed by atoms with E-state index in [2.05, 4.69) is 9.93 Å². The summed E-state index contributed by atoms with van der Waals surface area (Å²) in [7, 11) is -2.30. The second-order valence-electron chi connectivity index (χ2n) is 4.06. The molecule has 0 radical (unpaired) electrons. The summed E-state index contributed by atoms with van der Waals surface area (Å²) in [5.74, 6) is 0.174. The number of phenolic OH excluding ortho intramolecular Hbond substituents is 1. The van der Waals surface area contributed by atoms with Gasteiger partial charge in [0.25, 0.3) is 10.0 Å². The fraction of sp³-hybridized carbons (Fsp3) is 0.0714. The summed E-state index contributed by atoms with van der Waals surface area (Å²) in [5, 5.41) is 13.5. The van der Waals surface area contributed by atoms with Gasteiger partial charge in [0.2, 0.25) is 0 Å². The summed E-state index contributed by atoms with van der Waals surface area (Å²) in [6, 6.07) is 12.7. The maximum Gasteiger partial charge on any atom is 0.276 e. The Labute approximate surface area is 122 Å². The van der Waals surface area contributed by atoms with E-state index in [0.29, 0.717) is 5.56 Å². The highest BCUT2D eigenvalue weighted by atomic mass is 32.2. The zero-order valence-corrected chi connectivity index (χ0v) is 12.0. The van der Waals surface area contributed by atoms with E-state index >= 15 is 0 Å². The number of hydrazone groups is 1. The van der Waals surface area contributed by atoms with Crippen LogP contribution >= 0.6 is 0 Å². The normalized spacial score (nSPS) is 11.5. The molecule has 2 aromatic rings. The van der Waals surface area contributed by atoms with E-state index in [1.165, 1.54) is 25.5 Å². The number of methoxy groups -OCH3 is 1. The van der Waals surface area contributed by atoms with Crippen molar-refractivity contribution in [3.8, 4) is 11.5 Å². The van der Waals surface area contributed by atoms with Crippen LogP contribution in [0.3, 0.4) is 0 Å². The smallest absolute Gasteiger partial charge is 0.276 e. The molecule has 0 aliphatic heterocycles. The molecule has 0 saturated heterocycles. The molecule has 2 aromatic carbocycles. The van der Waals surface area contributed by atoms with Crippen LogP contribution in [-0.4, -0.2) is 26.8 Å². The first-order valence-electron chi connectivity index (χ1n) is 6.00. The van der Waals surface area contributed by atoms with Gasteiger partial charge in [-0.15, -0.1) is 0 Å². The Morgan fingerprint density at radius 1 is 1.14 bits per heavy atom. The Hall–Kier alpha value is -2.54. The van der Waals surface area contributed by atoms with Crippen LogP contribution in [0.5, 0.6) is 11.5 Å². The van der Waals surface area contributed by atoms with Crippen molar-refractivity contribution in [3.05, 3.63) is 54.1 Å². The van der Waals surface area contributed by atoms with Crippen LogP contribution in [0, 0.1) is 0 Å². The number of rotatable bonds is 5. The Kier molecular flexibility index (Phi) is 4.44. The van der Waals surface area contributed by atoms with Gasteiger partial charge in [0.05, 0.1) is 18.2 Å². The third-order valence-corrected chi connectivity index (χ3v) is 3.92. The van der Waals surface area contributed by atoms with Crippen molar-refractivity contribution >= 4 is 16.2 Å². The zero-order valence-electron chi connectivity index (χ0n) is 11.2. The predicted molar refractivity (Wildman–Crippen MR) is 79.0 cm³/mol. The summed E-state index contributed by atoms with van der Waals surface area (Å²) in [6.07, 6.45) is 1.21. The first-order chi connectivity index (χ1) is 10.0. The van der Waals surface area contributed by atoms with Crippen LogP contribution < -0.4 is 9.57 Å². The number of ether oxygens (including phenoxy) is 1. The highest BCUT2D eigenvalue weighted by Gasteiger charge is 2.11. The van der Waals surface area contributed by atoms with Crippen LogP contribution in [0.25, 0.3) is 0 Å². The van der Waals surface area contributed by atoms with Gasteiger partial charge < -0.3 is 9.84 Å². The monoisotopic (exact) mass is 306 g/mol. The van der Waals surface area contributed by atoms with Gasteiger partial charge in [-0.3, -0.25) is 0 Å². The lowest BCUT2D eigenvalue weighted by atomic mass is 10.2. The van der Waals surface area contributed by atoms with Crippen molar-refractivity contribution in [2.24, 2.45) is 5.10 Å². The summed E-state index contributed by atoms with van der Waals surface area (Å²) in [5.41, 5.74) is 0.338. The highest BCUT2D eigenvalue weighted by Crippen LogP contribution is 2.27. The number of nitrogens with one attached hydrogen (secondary N) is 1. The number of benzene rings is 2. The minimum absolute atomic E-state index is 0.108. The van der Waals surface area contributed by atoms with Gasteiger partial charge in [0, 0.05) is 5.56 Å². The van der Waals surface area contributed by atoms with E-state index < -0.39 is 10.0 Å². The average Bonchev–Trinajstić information content (AvgIpc) is 2.50. The predicted octanol–water partition coefficient (Wildman–Crippen LogP) is 1.71. The molecule has 7 heteroatoms. The Morgan fingerprint density at radius 2 is 1.86 bits per heavy atom. The molecule has 0 aromatic heterocycles. The van der Waals surface area contributed by atoms with E-state index in [1.54, 1.807) is 36.4 Å². The summed E-state index contributed by atoms with van der Waals surface area (Å²) >= 11 is 0. The lowest BCUT2D eigenvalue weighted by Gasteiger charge is -2.05. The molecule has 0 amide bonds. The second kappa shape index (κ2) is 6.27. The molecule has 0 unspecified atom stereocenters. The average molecular weight is 306 g/mol. The Morgan fingerprint density at radius 3 is 2.52 bits per heavy atom. The number of para-hydroxylation sites is 1. The molecular formula is C14H14N2O4S. The van der Waals surface area contributed by atoms with Gasteiger partial charge in [-0.25, -0.2) is 4.83 Å². The van der Waals surface area contributed by atoms with Gasteiger partial charge in [-0.1, -0.05) is 24.3 Å². The van der Waals surface area contributed by atoms with E-state index in [-0.39, 0.29) is 16.4 Å². The van der Waals surface area contributed by atoms with Crippen LogP contribution in [0.1, 0.15) is 5.56 Å². The number of hydrogen-bond donors (Lipinski definition) is 2. The van der Waals surface area contributed by atoms with E-state index in [1.807, 2.05) is 0 Å². The largest absolute Gasteiger partial charge is 0.504 e. The Bertz CT molecular complexity index is 743. The maximum absolute atomic E-state index is 11.9. The molecule has 0 bridgehead atoms. The standard InChI is InChI=1S/C14H14N2O4S/c1-20-13-9-5-6-11(14(13)17)10-15-16-21(18,19)12-7-3-2-4-8-12/h2-10,16-17H,1H3/b15-10-. The molecule has 0 atom stereocenters. The Balaban J connectivity index is 2.17. The first-order valence-corrected chi connectivity index (χ1v) is 7.49. The fourth-order valence-corrected chi connectivity index (χ4v) is 2.44. The molecule has 0 saturated carbocycles. The zero-order chi connectivity index (χ0) is 15.3. The number of aromatic hydroxyl groups is 1. The van der Waals surface area contributed by atoms with Crippen LogP contribution in [0.15, 0.2) is 58.5 Å². The summed E-state index contributed by atoms with van der Waals surface area (Å²) in [6.45, 7) is 0. The first kappa shape index (κ1) is 14.9. The van der Waals surface area contributed by atoms with Crippen molar-refractivity contribution in [2.45, 2.75) is 4.90 Å². The van der Waals surface area contributed by atoms with Crippen LogP contribution in [0.2, 0.25) is 0 Å². The number of hydrogen-bond acceptors (Lipinski definition) is 5. The van der Waals surface area contributed by atoms with Crippen LogP contribution in [-0.2, 0) is 10.0 Å². The molecule has 2 N–H and O–H groups in total. The molecule has 0 aliphatic rings. The molecule has 0 heterocycles. The summed E-state index contributed by atoms with van der Waals surface area (Å²) < 4.78 is 28.8. The fourth-order valence-electron chi connectivity index (χ4n) is 1.63. The maximum atomic E-state index is 11.9. The topological polar surface area (TPSA) is 88.0 Å². The lowest BCUT2D eigenvalue weighted by Crippen LogP contribution is -2.18. The molecule has 110 valence electrons. The van der Waals surface area contributed by atoms with Crippen molar-refractivity contribution in [3.63, 3.8) is 0 Å². The second-order valence-corrected chi connectivity index (χ2v) is 5.72. The quantitative estimate of drug-likeness (QED) is 0.650. The number of sulfonamides is 1. The van der Waals surface area contributed by atoms with Gasteiger partial charge in [-0.2, -0.15) is 13.5 Å². The SMILES string of the molecule is COc1cccc(/C=N\NS(=O)(=O)c2ccccc2)c1O. The third-order valence-electron chi connectivity index (χ3n) is 2.68. The molecule has 0 fully saturated rings. The van der Waals surface area contributed by atoms with Crippen molar-refractivity contribution in [2.75, 3.05) is 7.11 Å². The van der Waals surface area contributed by atoms with Crippen molar-refractivity contribution in [1.29, 1.82) is 0 Å². The highest BCUT2D eigenvalue weighted by molar-refractivity contribution is 7.89. The van der Waals surface area contributed by atoms with Gasteiger partial charge in [0.1, 0.15) is 0 Å². The molecule has 21 heavy (non-hydrogen) atoms.